The van der Waals surface area contributed by atoms with Gasteiger partial charge in [-0.15, -0.1) is 0 Å². The molecule has 0 bridgehead atoms. The third kappa shape index (κ3) is 3.16. The van der Waals surface area contributed by atoms with Gasteiger partial charge in [-0.25, -0.2) is 13.2 Å². The van der Waals surface area contributed by atoms with E-state index in [1.165, 1.54) is 43.4 Å². The summed E-state index contributed by atoms with van der Waals surface area (Å²) in [4.78, 5) is 22.2. The van der Waals surface area contributed by atoms with Crippen molar-refractivity contribution in [2.24, 2.45) is 5.73 Å². The zero-order valence-electron chi connectivity index (χ0n) is 12.1. The van der Waals surface area contributed by atoms with Crippen LogP contribution in [0.1, 0.15) is 20.7 Å². The Bertz CT molecular complexity index is 860. The number of carbonyl (C=O) groups excluding carboxylic acids is 1. The molecule has 8 heteroatoms. The first-order valence-corrected chi connectivity index (χ1v) is 7.90. The number of amides is 1. The van der Waals surface area contributed by atoms with E-state index in [-0.39, 0.29) is 21.7 Å². The summed E-state index contributed by atoms with van der Waals surface area (Å²) >= 11 is 0. The summed E-state index contributed by atoms with van der Waals surface area (Å²) in [6.45, 7) is 0. The number of primary amides is 1. The molecule has 0 spiro atoms. The Kier molecular flexibility index (Phi) is 4.37. The predicted molar refractivity (Wildman–Crippen MR) is 84.0 cm³/mol. The smallest absolute Gasteiger partial charge is 0.335 e. The summed E-state index contributed by atoms with van der Waals surface area (Å²) in [6, 6.07) is 10.8. The van der Waals surface area contributed by atoms with Gasteiger partial charge in [-0.3, -0.25) is 9.10 Å². The normalized spacial score (nSPS) is 11.0. The number of nitrogens with zero attached hydrogens (tertiary/aromatic N) is 1. The molecule has 0 saturated carbocycles. The number of aromatic carboxylic acids is 1. The lowest BCUT2D eigenvalue weighted by atomic mass is 10.2. The minimum atomic E-state index is -3.96. The molecule has 23 heavy (non-hydrogen) atoms. The van der Waals surface area contributed by atoms with Gasteiger partial charge in [0.2, 0.25) is 0 Å². The van der Waals surface area contributed by atoms with Gasteiger partial charge in [-0.1, -0.05) is 12.1 Å². The minimum absolute atomic E-state index is 0.0239. The molecule has 2 aromatic rings. The number of carbonyl (C=O) groups is 2. The van der Waals surface area contributed by atoms with Crippen molar-refractivity contribution in [2.45, 2.75) is 4.90 Å². The second kappa shape index (κ2) is 6.09. The fourth-order valence-electron chi connectivity index (χ4n) is 2.01. The molecule has 3 N–H and O–H groups in total. The highest BCUT2D eigenvalue weighted by Gasteiger charge is 2.24. The summed E-state index contributed by atoms with van der Waals surface area (Å²) in [6.07, 6.45) is 0. The monoisotopic (exact) mass is 334 g/mol. The number of nitrogens with two attached hydrogens (primary N) is 1. The molecule has 1 amide bonds. The van der Waals surface area contributed by atoms with Gasteiger partial charge in [-0.05, 0) is 36.4 Å². The molecule has 120 valence electrons. The number of anilines is 1. The van der Waals surface area contributed by atoms with Crippen molar-refractivity contribution in [3.8, 4) is 0 Å². The number of rotatable bonds is 5. The van der Waals surface area contributed by atoms with E-state index in [4.69, 9.17) is 10.8 Å². The molecule has 7 nitrogen and oxygen atoms in total. The van der Waals surface area contributed by atoms with Gasteiger partial charge in [0.25, 0.3) is 15.9 Å². The number of hydrogen-bond acceptors (Lipinski definition) is 4. The Hall–Kier alpha value is -2.87. The molecule has 0 atom stereocenters. The standard InChI is InChI=1S/C15H14N2O5S/c1-17(13-5-3-2-4-12(13)14(16)18)23(21,22)11-8-6-10(7-9-11)15(19)20/h2-9H,1H3,(H2,16,18)(H,19,20). The van der Waals surface area contributed by atoms with Gasteiger partial charge < -0.3 is 10.8 Å². The summed E-state index contributed by atoms with van der Waals surface area (Å²) in [5, 5.41) is 8.85. The highest BCUT2D eigenvalue weighted by molar-refractivity contribution is 7.92. The summed E-state index contributed by atoms with van der Waals surface area (Å²) in [5.41, 5.74) is 5.45. The first kappa shape index (κ1) is 16.5. The molecule has 0 aromatic heterocycles. The van der Waals surface area contributed by atoms with Crippen molar-refractivity contribution < 1.29 is 23.1 Å². The minimum Gasteiger partial charge on any atom is -0.478 e. The molecular formula is C15H14N2O5S. The zero-order chi connectivity index (χ0) is 17.2. The van der Waals surface area contributed by atoms with Gasteiger partial charge in [-0.2, -0.15) is 0 Å². The highest BCUT2D eigenvalue weighted by Crippen LogP contribution is 2.25. The van der Waals surface area contributed by atoms with Gasteiger partial charge in [0.05, 0.1) is 21.7 Å². The molecule has 0 aliphatic rings. The van der Waals surface area contributed by atoms with Crippen LogP contribution >= 0.6 is 0 Å². The van der Waals surface area contributed by atoms with Crippen molar-refractivity contribution >= 4 is 27.6 Å². The Morgan fingerprint density at radius 3 is 2.13 bits per heavy atom. The molecule has 0 unspecified atom stereocenters. The summed E-state index contributed by atoms with van der Waals surface area (Å²) < 4.78 is 26.2. The highest BCUT2D eigenvalue weighted by atomic mass is 32.2. The first-order valence-electron chi connectivity index (χ1n) is 6.46. The quantitative estimate of drug-likeness (QED) is 0.854. The molecule has 0 saturated heterocycles. The Morgan fingerprint density at radius 1 is 1.04 bits per heavy atom. The molecule has 2 aromatic carbocycles. The van der Waals surface area contributed by atoms with E-state index in [9.17, 15) is 18.0 Å². The van der Waals surface area contributed by atoms with Crippen molar-refractivity contribution in [3.05, 3.63) is 59.7 Å². The predicted octanol–water partition coefficient (Wildman–Crippen LogP) is 1.31. The Labute approximate surface area is 133 Å². The van der Waals surface area contributed by atoms with E-state index in [1.54, 1.807) is 12.1 Å². The van der Waals surface area contributed by atoms with Crippen molar-refractivity contribution in [1.82, 2.24) is 0 Å². The third-order valence-electron chi connectivity index (χ3n) is 3.27. The van der Waals surface area contributed by atoms with Crippen LogP contribution in [0.3, 0.4) is 0 Å². The van der Waals surface area contributed by atoms with E-state index in [2.05, 4.69) is 0 Å². The lowest BCUT2D eigenvalue weighted by Gasteiger charge is -2.21. The second-order valence-corrected chi connectivity index (χ2v) is 6.65. The van der Waals surface area contributed by atoms with Crippen LogP contribution in [0.4, 0.5) is 5.69 Å². The zero-order valence-corrected chi connectivity index (χ0v) is 12.9. The maximum atomic E-state index is 12.6. The van der Waals surface area contributed by atoms with Gasteiger partial charge in [0.15, 0.2) is 0 Å². The fourth-order valence-corrected chi connectivity index (χ4v) is 3.23. The number of carboxylic acids is 1. The largest absolute Gasteiger partial charge is 0.478 e. The number of benzene rings is 2. The van der Waals surface area contributed by atoms with Crippen LogP contribution in [0.15, 0.2) is 53.4 Å². The average Bonchev–Trinajstić information content (AvgIpc) is 2.54. The van der Waals surface area contributed by atoms with E-state index >= 15 is 0 Å². The number of sulfonamides is 1. The first-order chi connectivity index (χ1) is 10.7. The molecular weight excluding hydrogens is 320 g/mol. The van der Waals surface area contributed by atoms with Crippen LogP contribution in [0.2, 0.25) is 0 Å². The van der Waals surface area contributed by atoms with Crippen molar-refractivity contribution in [3.63, 3.8) is 0 Å². The fraction of sp³-hybridized carbons (Fsp3) is 0.0667. The van der Waals surface area contributed by atoms with Gasteiger partial charge >= 0.3 is 5.97 Å². The van der Waals surface area contributed by atoms with Crippen LogP contribution in [-0.4, -0.2) is 32.4 Å². The van der Waals surface area contributed by atoms with Crippen molar-refractivity contribution in [2.75, 3.05) is 11.4 Å². The molecule has 0 heterocycles. The Morgan fingerprint density at radius 2 is 1.61 bits per heavy atom. The maximum Gasteiger partial charge on any atom is 0.335 e. The Balaban J connectivity index is 2.47. The molecule has 0 aliphatic carbocycles. The van der Waals surface area contributed by atoms with E-state index in [0.717, 1.165) is 4.31 Å². The lowest BCUT2D eigenvalue weighted by molar-refractivity contribution is 0.0696. The second-order valence-electron chi connectivity index (χ2n) is 4.68. The van der Waals surface area contributed by atoms with Gasteiger partial charge in [0, 0.05) is 7.05 Å². The van der Waals surface area contributed by atoms with Crippen LogP contribution in [0.25, 0.3) is 0 Å². The molecule has 2 rings (SSSR count). The van der Waals surface area contributed by atoms with E-state index < -0.39 is 21.9 Å². The topological polar surface area (TPSA) is 118 Å². The molecule has 0 aliphatic heterocycles. The van der Waals surface area contributed by atoms with Crippen LogP contribution in [0, 0.1) is 0 Å². The molecule has 0 radical (unpaired) electrons. The lowest BCUT2D eigenvalue weighted by Crippen LogP contribution is -2.29. The van der Waals surface area contributed by atoms with Crippen LogP contribution < -0.4 is 10.0 Å². The molecule has 0 fully saturated rings. The number of para-hydroxylation sites is 1. The number of carboxylic acid groups (broad SMARTS) is 1. The summed E-state index contributed by atoms with van der Waals surface area (Å²) in [7, 11) is -2.66. The van der Waals surface area contributed by atoms with Gasteiger partial charge in [0.1, 0.15) is 0 Å². The average molecular weight is 334 g/mol. The third-order valence-corrected chi connectivity index (χ3v) is 5.05. The maximum absolute atomic E-state index is 12.6. The van der Waals surface area contributed by atoms with Crippen molar-refractivity contribution in [1.29, 1.82) is 0 Å². The van der Waals surface area contributed by atoms with E-state index in [0.29, 0.717) is 0 Å². The van der Waals surface area contributed by atoms with E-state index in [1.807, 2.05) is 0 Å². The van der Waals surface area contributed by atoms with Crippen LogP contribution in [-0.2, 0) is 10.0 Å². The summed E-state index contributed by atoms with van der Waals surface area (Å²) in [5.74, 6) is -1.90. The number of hydrogen-bond donors (Lipinski definition) is 2. The SMILES string of the molecule is CN(c1ccccc1C(N)=O)S(=O)(=O)c1ccc(C(=O)O)cc1. The van der Waals surface area contributed by atoms with Crippen LogP contribution in [0.5, 0.6) is 0 Å².